The van der Waals surface area contributed by atoms with Crippen LogP contribution in [0.1, 0.15) is 22.9 Å². The second-order valence-corrected chi connectivity index (χ2v) is 5.51. The Kier molecular flexibility index (Phi) is 5.00. The van der Waals surface area contributed by atoms with Gasteiger partial charge in [0.1, 0.15) is 0 Å². The van der Waals surface area contributed by atoms with Crippen LogP contribution < -0.4 is 5.32 Å². The van der Waals surface area contributed by atoms with Gasteiger partial charge in [-0.3, -0.25) is 4.98 Å². The second kappa shape index (κ2) is 6.58. The molecular weight excluding hydrogens is 345 g/mol. The smallest absolute Gasteiger partial charge is 0.313 e. The Morgan fingerprint density at radius 2 is 2.00 bits per heavy atom. The fraction of sp³-hybridized carbons (Fsp3) is 0.267. The number of nitrogens with one attached hydrogen (secondary N) is 1. The molecular formula is C15H14BrF3N2. The van der Waals surface area contributed by atoms with Gasteiger partial charge in [0.25, 0.3) is 0 Å². The number of aromatic nitrogens is 1. The third-order valence-corrected chi connectivity index (χ3v) is 3.68. The minimum atomic E-state index is -4.39. The van der Waals surface area contributed by atoms with Gasteiger partial charge >= 0.3 is 6.18 Å². The SMILES string of the molecule is CNC(Cc1ccccn1)c1ccc(Br)cc1C(F)(F)F. The van der Waals surface area contributed by atoms with Crippen molar-refractivity contribution in [1.82, 2.24) is 10.3 Å². The Labute approximate surface area is 129 Å². The molecule has 1 aromatic carbocycles. The first-order valence-corrected chi connectivity index (χ1v) is 7.15. The van der Waals surface area contributed by atoms with E-state index in [1.54, 1.807) is 31.4 Å². The quantitative estimate of drug-likeness (QED) is 0.877. The van der Waals surface area contributed by atoms with Gasteiger partial charge in [-0.2, -0.15) is 13.2 Å². The minimum absolute atomic E-state index is 0.221. The molecule has 1 heterocycles. The van der Waals surface area contributed by atoms with E-state index < -0.39 is 17.8 Å². The summed E-state index contributed by atoms with van der Waals surface area (Å²) in [7, 11) is 1.65. The maximum Gasteiger partial charge on any atom is 0.416 e. The van der Waals surface area contributed by atoms with E-state index >= 15 is 0 Å². The van der Waals surface area contributed by atoms with Crippen molar-refractivity contribution >= 4 is 15.9 Å². The van der Waals surface area contributed by atoms with Crippen LogP contribution in [-0.2, 0) is 12.6 Å². The number of pyridine rings is 1. The summed E-state index contributed by atoms with van der Waals surface area (Å²) in [5.74, 6) is 0. The number of likely N-dealkylation sites (N-methyl/N-ethyl adjacent to an activating group) is 1. The van der Waals surface area contributed by atoms with Gasteiger partial charge in [0.05, 0.1) is 5.56 Å². The van der Waals surface area contributed by atoms with Crippen LogP contribution in [-0.4, -0.2) is 12.0 Å². The lowest BCUT2D eigenvalue weighted by atomic mass is 9.96. The van der Waals surface area contributed by atoms with Crippen molar-refractivity contribution in [3.8, 4) is 0 Å². The fourth-order valence-electron chi connectivity index (χ4n) is 2.17. The summed E-state index contributed by atoms with van der Waals surface area (Å²) in [6.45, 7) is 0. The number of hydrogen-bond donors (Lipinski definition) is 1. The van der Waals surface area contributed by atoms with E-state index in [1.807, 2.05) is 6.07 Å². The maximum absolute atomic E-state index is 13.2. The van der Waals surface area contributed by atoms with Gasteiger partial charge in [-0.15, -0.1) is 0 Å². The van der Waals surface area contributed by atoms with Crippen molar-refractivity contribution in [3.05, 3.63) is 63.9 Å². The second-order valence-electron chi connectivity index (χ2n) is 4.60. The molecule has 0 saturated heterocycles. The number of benzene rings is 1. The van der Waals surface area contributed by atoms with Crippen LogP contribution in [0.25, 0.3) is 0 Å². The van der Waals surface area contributed by atoms with Crippen molar-refractivity contribution in [1.29, 1.82) is 0 Å². The topological polar surface area (TPSA) is 24.9 Å². The highest BCUT2D eigenvalue weighted by Gasteiger charge is 2.35. The molecule has 0 bridgehead atoms. The van der Waals surface area contributed by atoms with Crippen LogP contribution in [0.5, 0.6) is 0 Å². The number of halogens is 4. The standard InChI is InChI=1S/C15H14BrF3N2/c1-20-14(9-11-4-2-3-7-21-11)12-6-5-10(16)8-13(12)15(17,18)19/h2-8,14,20H,9H2,1H3. The van der Waals surface area contributed by atoms with Crippen LogP contribution in [0.4, 0.5) is 13.2 Å². The molecule has 2 rings (SSSR count). The molecule has 0 aliphatic heterocycles. The van der Waals surface area contributed by atoms with Gasteiger partial charge in [-0.05, 0) is 36.9 Å². The van der Waals surface area contributed by atoms with E-state index in [-0.39, 0.29) is 5.56 Å². The summed E-state index contributed by atoms with van der Waals surface area (Å²) in [5, 5.41) is 2.94. The summed E-state index contributed by atoms with van der Waals surface area (Å²) in [4.78, 5) is 4.17. The zero-order chi connectivity index (χ0) is 15.5. The first kappa shape index (κ1) is 16.0. The van der Waals surface area contributed by atoms with Gasteiger partial charge in [-0.1, -0.05) is 28.1 Å². The third-order valence-electron chi connectivity index (χ3n) is 3.18. The number of nitrogens with zero attached hydrogens (tertiary/aromatic N) is 1. The van der Waals surface area contributed by atoms with Crippen LogP contribution in [0.2, 0.25) is 0 Å². The molecule has 0 saturated carbocycles. The molecule has 6 heteroatoms. The molecule has 0 amide bonds. The van der Waals surface area contributed by atoms with E-state index in [1.165, 1.54) is 6.07 Å². The minimum Gasteiger partial charge on any atom is -0.313 e. The van der Waals surface area contributed by atoms with Gasteiger partial charge in [0.15, 0.2) is 0 Å². The molecule has 2 nitrogen and oxygen atoms in total. The van der Waals surface area contributed by atoms with E-state index in [0.717, 1.165) is 11.8 Å². The predicted molar refractivity (Wildman–Crippen MR) is 78.9 cm³/mol. The lowest BCUT2D eigenvalue weighted by molar-refractivity contribution is -0.138. The molecule has 0 fully saturated rings. The van der Waals surface area contributed by atoms with E-state index in [2.05, 4.69) is 26.2 Å². The Hall–Kier alpha value is -1.40. The summed E-state index contributed by atoms with van der Waals surface area (Å²) in [6.07, 6.45) is -2.37. The van der Waals surface area contributed by atoms with Gasteiger partial charge in [0, 0.05) is 28.8 Å². The molecule has 0 spiro atoms. The molecule has 0 aliphatic rings. The summed E-state index contributed by atoms with van der Waals surface area (Å²) in [5.41, 5.74) is 0.332. The zero-order valence-corrected chi connectivity index (χ0v) is 12.9. The van der Waals surface area contributed by atoms with Crippen molar-refractivity contribution in [3.63, 3.8) is 0 Å². The van der Waals surface area contributed by atoms with Crippen LogP contribution in [0.15, 0.2) is 47.1 Å². The van der Waals surface area contributed by atoms with Crippen molar-refractivity contribution < 1.29 is 13.2 Å². The van der Waals surface area contributed by atoms with E-state index in [9.17, 15) is 13.2 Å². The van der Waals surface area contributed by atoms with Crippen LogP contribution in [0.3, 0.4) is 0 Å². The highest BCUT2D eigenvalue weighted by Crippen LogP contribution is 2.37. The highest BCUT2D eigenvalue weighted by atomic mass is 79.9. The van der Waals surface area contributed by atoms with E-state index in [0.29, 0.717) is 10.9 Å². The van der Waals surface area contributed by atoms with Crippen LogP contribution >= 0.6 is 15.9 Å². The fourth-order valence-corrected chi connectivity index (χ4v) is 2.53. The van der Waals surface area contributed by atoms with Gasteiger partial charge < -0.3 is 5.32 Å². The highest BCUT2D eigenvalue weighted by molar-refractivity contribution is 9.10. The monoisotopic (exact) mass is 358 g/mol. The molecule has 1 unspecified atom stereocenters. The van der Waals surface area contributed by atoms with E-state index in [4.69, 9.17) is 0 Å². The largest absolute Gasteiger partial charge is 0.416 e. The Balaban J connectivity index is 2.38. The maximum atomic E-state index is 13.2. The van der Waals surface area contributed by atoms with Gasteiger partial charge in [0.2, 0.25) is 0 Å². The first-order valence-electron chi connectivity index (χ1n) is 6.35. The molecule has 1 atom stereocenters. The number of rotatable bonds is 4. The molecule has 0 aliphatic carbocycles. The van der Waals surface area contributed by atoms with Crippen molar-refractivity contribution in [2.45, 2.75) is 18.6 Å². The van der Waals surface area contributed by atoms with Crippen molar-refractivity contribution in [2.24, 2.45) is 0 Å². The normalized spacial score (nSPS) is 13.2. The van der Waals surface area contributed by atoms with Gasteiger partial charge in [-0.25, -0.2) is 0 Å². The molecule has 0 radical (unpaired) electrons. The van der Waals surface area contributed by atoms with Crippen LogP contribution in [0, 0.1) is 0 Å². The Morgan fingerprint density at radius 1 is 1.24 bits per heavy atom. The Bertz CT molecular complexity index is 600. The lowest BCUT2D eigenvalue weighted by Gasteiger charge is -2.21. The summed E-state index contributed by atoms with van der Waals surface area (Å²) < 4.78 is 40.0. The molecule has 112 valence electrons. The Morgan fingerprint density at radius 3 is 2.57 bits per heavy atom. The summed E-state index contributed by atoms with van der Waals surface area (Å²) in [6, 6.07) is 9.17. The van der Waals surface area contributed by atoms with Crippen molar-refractivity contribution in [2.75, 3.05) is 7.05 Å². The first-order chi connectivity index (χ1) is 9.91. The average molecular weight is 359 g/mol. The predicted octanol–water partition coefficient (Wildman–Crippen LogP) is 4.37. The molecule has 21 heavy (non-hydrogen) atoms. The third kappa shape index (κ3) is 4.04. The summed E-state index contributed by atoms with van der Waals surface area (Å²) >= 11 is 3.09. The number of hydrogen-bond acceptors (Lipinski definition) is 2. The average Bonchev–Trinajstić information content (AvgIpc) is 2.45. The number of alkyl halides is 3. The zero-order valence-electron chi connectivity index (χ0n) is 11.3. The lowest BCUT2D eigenvalue weighted by Crippen LogP contribution is -2.23. The molecule has 1 N–H and O–H groups in total. The molecule has 2 aromatic rings. The molecule has 1 aromatic heterocycles.